The molecule has 0 aromatic carbocycles. The fraction of sp³-hybridized carbons (Fsp3) is 0.896. The average molecular weight is 1390 g/mol. The molecular formula is C67H106O30. The zero-order valence-electron chi connectivity index (χ0n) is 57.2. The minimum atomic E-state index is -2.35. The van der Waals surface area contributed by atoms with Gasteiger partial charge in [0, 0.05) is 12.5 Å². The number of aliphatic hydroxyl groups excluding tert-OH is 14. The number of carbonyl (C=O) groups is 3. The number of aliphatic hydroxyl groups is 14. The first-order valence-corrected chi connectivity index (χ1v) is 34.1. The van der Waals surface area contributed by atoms with Gasteiger partial charge < -0.3 is 133 Å². The normalized spacial score (nSPS) is 51.3. The highest BCUT2D eigenvalue weighted by molar-refractivity contribution is 5.87. The van der Waals surface area contributed by atoms with Gasteiger partial charge in [-0.05, 0) is 124 Å². The van der Waals surface area contributed by atoms with E-state index in [1.165, 1.54) is 20.8 Å². The van der Waals surface area contributed by atoms with Crippen molar-refractivity contribution >= 4 is 17.9 Å². The molecule has 0 spiro atoms. The lowest BCUT2D eigenvalue weighted by Crippen LogP contribution is -2.70. The number of esters is 2. The highest BCUT2D eigenvalue weighted by Gasteiger charge is 2.73. The van der Waals surface area contributed by atoms with Gasteiger partial charge in [-0.2, -0.15) is 0 Å². The zero-order chi connectivity index (χ0) is 71.5. The van der Waals surface area contributed by atoms with E-state index in [1.807, 2.05) is 13.8 Å². The number of hydrogen-bond donors (Lipinski definition) is 15. The number of carbonyl (C=O) groups excluding carboxylic acids is 2. The van der Waals surface area contributed by atoms with Crippen LogP contribution in [0.1, 0.15) is 134 Å². The number of rotatable bonds is 17. The Morgan fingerprint density at radius 1 is 0.536 bits per heavy atom. The number of allylic oxidation sites excluding steroid dienone is 3. The van der Waals surface area contributed by atoms with Crippen LogP contribution in [0, 0.1) is 50.2 Å². The number of carboxylic acid groups (broad SMARTS) is 1. The number of fused-ring (bicyclic) bond motifs is 7. The summed E-state index contributed by atoms with van der Waals surface area (Å²) in [5, 5.41) is 167. The van der Waals surface area contributed by atoms with E-state index in [4.69, 9.17) is 56.8 Å². The van der Waals surface area contributed by atoms with Crippen molar-refractivity contribution in [2.24, 2.45) is 50.2 Å². The minimum absolute atomic E-state index is 0.0233. The van der Waals surface area contributed by atoms with Gasteiger partial charge in [0.15, 0.2) is 37.6 Å². The van der Waals surface area contributed by atoms with Crippen LogP contribution in [0.4, 0.5) is 0 Å². The largest absolute Gasteiger partial charge is 0.479 e. The van der Waals surface area contributed by atoms with Crippen LogP contribution in [0.2, 0.25) is 0 Å². The molecule has 0 bridgehead atoms. The predicted octanol–water partition coefficient (Wildman–Crippen LogP) is -1.56. The molecule has 0 aromatic rings. The first-order valence-electron chi connectivity index (χ1n) is 34.1. The van der Waals surface area contributed by atoms with Crippen LogP contribution in [0.15, 0.2) is 23.3 Å². The van der Waals surface area contributed by atoms with Gasteiger partial charge in [-0.25, -0.2) is 9.59 Å². The van der Waals surface area contributed by atoms with Crippen LogP contribution < -0.4 is 0 Å². The Hall–Kier alpha value is -3.07. The van der Waals surface area contributed by atoms with E-state index >= 15 is 0 Å². The monoisotopic (exact) mass is 1390 g/mol. The van der Waals surface area contributed by atoms with E-state index in [0.29, 0.717) is 50.5 Å². The molecule has 30 nitrogen and oxygen atoms in total. The van der Waals surface area contributed by atoms with Crippen LogP contribution in [-0.4, -0.2) is 286 Å². The summed E-state index contributed by atoms with van der Waals surface area (Å²) in [6.07, 6.45) is -42.4. The van der Waals surface area contributed by atoms with Gasteiger partial charge in [-0.15, -0.1) is 0 Å². The molecule has 35 atom stereocenters. The van der Waals surface area contributed by atoms with Crippen molar-refractivity contribution in [3.05, 3.63) is 23.3 Å². The summed E-state index contributed by atoms with van der Waals surface area (Å²) in [6, 6.07) is 0. The Balaban J connectivity index is 0.987. The molecule has 5 heterocycles. The molecule has 0 amide bonds. The van der Waals surface area contributed by atoms with Crippen LogP contribution in [0.3, 0.4) is 0 Å². The molecule has 0 radical (unpaired) electrons. The average Bonchev–Trinajstić information content (AvgIpc) is 0.669. The molecule has 97 heavy (non-hydrogen) atoms. The lowest BCUT2D eigenvalue weighted by molar-refractivity contribution is -0.412. The molecule has 5 aliphatic carbocycles. The van der Waals surface area contributed by atoms with Crippen molar-refractivity contribution in [1.29, 1.82) is 0 Å². The van der Waals surface area contributed by atoms with E-state index < -0.39 is 237 Å². The molecule has 5 saturated heterocycles. The molecule has 10 rings (SSSR count). The van der Waals surface area contributed by atoms with E-state index in [1.54, 1.807) is 19.9 Å². The highest BCUT2D eigenvalue weighted by Crippen LogP contribution is 2.76. The summed E-state index contributed by atoms with van der Waals surface area (Å²) in [4.78, 5) is 40.5. The molecule has 4 saturated carbocycles. The number of hydrogen-bond acceptors (Lipinski definition) is 29. The maximum atomic E-state index is 13.7. The number of carboxylic acids is 1. The smallest absolute Gasteiger partial charge is 0.335 e. The van der Waals surface area contributed by atoms with Gasteiger partial charge in [-0.3, -0.25) is 4.79 Å². The molecule has 5 aliphatic heterocycles. The molecule has 10 aliphatic rings. The van der Waals surface area contributed by atoms with E-state index in [0.717, 1.165) is 5.57 Å². The second-order valence-electron chi connectivity index (χ2n) is 31.3. The van der Waals surface area contributed by atoms with Crippen molar-refractivity contribution < 1.29 is 148 Å². The van der Waals surface area contributed by atoms with Gasteiger partial charge >= 0.3 is 17.9 Å². The molecule has 15 N–H and O–H groups in total. The number of aliphatic carboxylic acids is 1. The van der Waals surface area contributed by atoms with Crippen LogP contribution in [0.25, 0.3) is 0 Å². The quantitative estimate of drug-likeness (QED) is 0.0339. The summed E-state index contributed by atoms with van der Waals surface area (Å²) in [6.45, 7) is 20.2. The van der Waals surface area contributed by atoms with E-state index in [9.17, 15) is 91.0 Å². The molecule has 9 fully saturated rings. The van der Waals surface area contributed by atoms with Crippen molar-refractivity contribution in [2.75, 3.05) is 19.8 Å². The summed E-state index contributed by atoms with van der Waals surface area (Å²) in [5.41, 5.74) is -2.40. The summed E-state index contributed by atoms with van der Waals surface area (Å²) >= 11 is 0. The van der Waals surface area contributed by atoms with Crippen LogP contribution >= 0.6 is 0 Å². The third-order valence-corrected chi connectivity index (χ3v) is 24.8. The van der Waals surface area contributed by atoms with Gasteiger partial charge in [0.1, 0.15) is 116 Å². The van der Waals surface area contributed by atoms with E-state index in [-0.39, 0.29) is 29.6 Å². The number of ether oxygens (including phenoxy) is 12. The van der Waals surface area contributed by atoms with E-state index in [2.05, 4.69) is 40.7 Å². The summed E-state index contributed by atoms with van der Waals surface area (Å²) < 4.78 is 74.7. The van der Waals surface area contributed by atoms with Crippen molar-refractivity contribution in [3.63, 3.8) is 0 Å². The standard InChI is InChI=1S/C67H106O30/c1-13-26(2)56(85)91-37-21-62(6,7)20-31-30-14-15-35-64(10)18-17-36(63(8,9)34(64)16-19-65(35,11)66(30,12)22-38(88-29(5)71)67(31,37)25-70)92-61-54(97-58-48(81)44(77)41(74)32(23-68)89-58)50(49(82)51(94-61)55(83)84)93-60-53(46(79)42(75)33(24-69)90-60)96-59-52(45(78)40(73)28(4)87-59)95-57-47(80)43(76)39(72)27(3)86-57/h13-14,27-28,31-54,57-61,68-70,72-82H,15-25H2,1-12H3,(H,83,84)/b26-13-/t27-,28-,31-,32+,33+,34?,35+,36-,37-,38+,39-,40-,41+,42-,43+,44-,45+,46-,47+,48+,49-,50-,51-,52+,53+,54+,57-,58-,59-,60-,61+,64-,65+,66+,67+/m0/s1. The lowest BCUT2D eigenvalue weighted by Gasteiger charge is -2.72. The fourth-order valence-corrected chi connectivity index (χ4v) is 19.0. The van der Waals surface area contributed by atoms with Gasteiger partial charge in [0.05, 0.1) is 43.5 Å². The van der Waals surface area contributed by atoms with Crippen molar-refractivity contribution in [3.8, 4) is 0 Å². The maximum absolute atomic E-state index is 13.7. The Morgan fingerprint density at radius 2 is 1.04 bits per heavy atom. The lowest BCUT2D eigenvalue weighted by atomic mass is 9.33. The molecule has 554 valence electrons. The first kappa shape index (κ1) is 76.6. The summed E-state index contributed by atoms with van der Waals surface area (Å²) in [7, 11) is 0. The fourth-order valence-electron chi connectivity index (χ4n) is 19.0. The minimum Gasteiger partial charge on any atom is -0.479 e. The van der Waals surface area contributed by atoms with Crippen LogP contribution in [0.5, 0.6) is 0 Å². The van der Waals surface area contributed by atoms with Crippen molar-refractivity contribution in [2.45, 2.75) is 306 Å². The molecule has 0 aromatic heterocycles. The topological polar surface area (TPSA) is 465 Å². The first-order chi connectivity index (χ1) is 45.3. The Labute approximate surface area is 563 Å². The third kappa shape index (κ3) is 13.2. The van der Waals surface area contributed by atoms with Crippen LogP contribution in [-0.2, 0) is 71.2 Å². The van der Waals surface area contributed by atoms with Gasteiger partial charge in [-0.1, -0.05) is 66.2 Å². The highest BCUT2D eigenvalue weighted by atomic mass is 16.8. The van der Waals surface area contributed by atoms with Crippen molar-refractivity contribution in [1.82, 2.24) is 0 Å². The Bertz CT molecular complexity index is 2860. The molecule has 30 heteroatoms. The summed E-state index contributed by atoms with van der Waals surface area (Å²) in [5.74, 6) is -3.34. The Morgan fingerprint density at radius 3 is 1.63 bits per heavy atom. The van der Waals surface area contributed by atoms with Gasteiger partial charge in [0.2, 0.25) is 0 Å². The molecular weight excluding hydrogens is 1280 g/mol. The molecule has 1 unspecified atom stereocenters. The second kappa shape index (κ2) is 28.5. The predicted molar refractivity (Wildman–Crippen MR) is 329 cm³/mol. The Kier molecular flexibility index (Phi) is 22.5. The second-order valence-corrected chi connectivity index (χ2v) is 31.3. The SMILES string of the molecule is C/C=C(/C)C(=O)O[C@H]1CC(C)(C)C[C@H]2C3=CC[C@@H]4[C@@]5(C)CC[C@H](O[C@@H]6O[C@H](C(=O)O)[C@@H](O)[C@H](O[C@@H]7O[C@H](CO)[C@H](O)[C@H](O)[C@H]7O[C@@H]7O[C@@H](C)[C@H](O)[C@@H](O)[C@H]7O[C@@H]7O[C@@H](C)[C@H](O)[C@@H](O)[C@H]7O)[C@H]6O[C@@H]6O[C@H](CO)[C@@H](O)[C@H](O)[C@H]6O)C(C)(C)C5CC[C@@]4(C)[C@]3(C)C[C@@H](OC(C)=O)[C@@]12CO. The maximum Gasteiger partial charge on any atom is 0.335 e. The third-order valence-electron chi connectivity index (χ3n) is 24.8. The van der Waals surface area contributed by atoms with Gasteiger partial charge in [0.25, 0.3) is 0 Å². The zero-order valence-corrected chi connectivity index (χ0v) is 57.2.